The van der Waals surface area contributed by atoms with Crippen molar-refractivity contribution >= 4 is 29.1 Å². The first kappa shape index (κ1) is 11.8. The first-order valence-electron chi connectivity index (χ1n) is 4.44. The molecule has 0 aromatic carbocycles. The summed E-state index contributed by atoms with van der Waals surface area (Å²) in [6.07, 6.45) is 0. The second-order valence-corrected chi connectivity index (χ2v) is 4.36. The predicted molar refractivity (Wildman–Crippen MR) is 61.1 cm³/mol. The molecule has 0 spiro atoms. The lowest BCUT2D eigenvalue weighted by molar-refractivity contribution is -0.388. The summed E-state index contributed by atoms with van der Waals surface area (Å²) in [4.78, 5) is 18.2. The largest absolute Gasteiger partial charge is 0.301 e. The summed E-state index contributed by atoms with van der Waals surface area (Å²) >= 11 is 6.68. The van der Waals surface area contributed by atoms with E-state index in [1.54, 1.807) is 6.92 Å². The van der Waals surface area contributed by atoms with Gasteiger partial charge in [-0.05, 0) is 24.8 Å². The SMILES string of the molecule is Cc1nc(Sc2nc(Cl)ccc2[N+](=O)[O-])n[nH]1. The third kappa shape index (κ3) is 2.71. The number of rotatable bonds is 3. The minimum Gasteiger partial charge on any atom is -0.262 e. The van der Waals surface area contributed by atoms with Crippen LogP contribution in [-0.4, -0.2) is 25.1 Å². The molecule has 2 rings (SSSR count). The van der Waals surface area contributed by atoms with Gasteiger partial charge in [-0.25, -0.2) is 9.97 Å². The van der Waals surface area contributed by atoms with Crippen LogP contribution in [0.25, 0.3) is 0 Å². The van der Waals surface area contributed by atoms with E-state index in [-0.39, 0.29) is 15.9 Å². The van der Waals surface area contributed by atoms with Crippen molar-refractivity contribution in [2.45, 2.75) is 17.1 Å². The van der Waals surface area contributed by atoms with Crippen LogP contribution in [-0.2, 0) is 0 Å². The summed E-state index contributed by atoms with van der Waals surface area (Å²) in [5, 5.41) is 18.0. The van der Waals surface area contributed by atoms with Crippen molar-refractivity contribution in [1.29, 1.82) is 0 Å². The molecule has 0 unspecified atom stereocenters. The minimum atomic E-state index is -0.523. The molecule has 0 saturated heterocycles. The van der Waals surface area contributed by atoms with E-state index >= 15 is 0 Å². The Morgan fingerprint density at radius 1 is 1.47 bits per heavy atom. The van der Waals surface area contributed by atoms with Gasteiger partial charge in [0.1, 0.15) is 11.0 Å². The highest BCUT2D eigenvalue weighted by Gasteiger charge is 2.18. The number of aryl methyl sites for hydroxylation is 1. The van der Waals surface area contributed by atoms with Gasteiger partial charge >= 0.3 is 5.69 Å². The second kappa shape index (κ2) is 4.68. The highest BCUT2D eigenvalue weighted by molar-refractivity contribution is 7.99. The molecule has 2 heterocycles. The zero-order chi connectivity index (χ0) is 12.4. The van der Waals surface area contributed by atoms with Gasteiger partial charge < -0.3 is 0 Å². The average Bonchev–Trinajstić information content (AvgIpc) is 2.63. The number of nitrogens with zero attached hydrogens (tertiary/aromatic N) is 4. The maximum absolute atomic E-state index is 10.8. The van der Waals surface area contributed by atoms with E-state index in [9.17, 15) is 10.1 Å². The van der Waals surface area contributed by atoms with Crippen LogP contribution < -0.4 is 0 Å². The molecule has 1 N–H and O–H groups in total. The number of nitrogens with one attached hydrogen (secondary N) is 1. The topological polar surface area (TPSA) is 97.6 Å². The van der Waals surface area contributed by atoms with Gasteiger partial charge in [0.05, 0.1) is 4.92 Å². The van der Waals surface area contributed by atoms with Crippen molar-refractivity contribution in [2.75, 3.05) is 0 Å². The molecule has 7 nitrogen and oxygen atoms in total. The van der Waals surface area contributed by atoms with Crippen molar-refractivity contribution in [3.63, 3.8) is 0 Å². The zero-order valence-electron chi connectivity index (χ0n) is 8.55. The zero-order valence-corrected chi connectivity index (χ0v) is 10.1. The van der Waals surface area contributed by atoms with Gasteiger partial charge in [-0.2, -0.15) is 0 Å². The summed E-state index contributed by atoms with van der Waals surface area (Å²) in [7, 11) is 0. The van der Waals surface area contributed by atoms with Crippen LogP contribution in [0.1, 0.15) is 5.82 Å². The van der Waals surface area contributed by atoms with E-state index in [0.717, 1.165) is 11.8 Å². The van der Waals surface area contributed by atoms with Gasteiger partial charge in [-0.15, -0.1) is 5.10 Å². The molecule has 0 aliphatic rings. The molecule has 9 heteroatoms. The fraction of sp³-hybridized carbons (Fsp3) is 0.125. The first-order valence-corrected chi connectivity index (χ1v) is 5.63. The Hall–Kier alpha value is -1.67. The second-order valence-electron chi connectivity index (χ2n) is 3.02. The monoisotopic (exact) mass is 271 g/mol. The number of aromatic amines is 1. The number of nitro groups is 1. The van der Waals surface area contributed by atoms with Crippen LogP contribution in [0.3, 0.4) is 0 Å². The molecule has 0 aliphatic carbocycles. The van der Waals surface area contributed by atoms with Crippen molar-refractivity contribution in [2.24, 2.45) is 0 Å². The number of halogens is 1. The molecule has 0 radical (unpaired) electrons. The Labute approximate surface area is 105 Å². The number of hydrogen-bond donors (Lipinski definition) is 1. The van der Waals surface area contributed by atoms with Crippen molar-refractivity contribution < 1.29 is 4.92 Å². The Morgan fingerprint density at radius 3 is 2.82 bits per heavy atom. The van der Waals surface area contributed by atoms with E-state index in [4.69, 9.17) is 11.6 Å². The number of aromatic nitrogens is 4. The van der Waals surface area contributed by atoms with Crippen LogP contribution in [0.2, 0.25) is 5.15 Å². The molecule has 0 fully saturated rings. The number of hydrogen-bond acceptors (Lipinski definition) is 6. The number of H-pyrrole nitrogens is 1. The molecule has 0 aliphatic heterocycles. The first-order chi connectivity index (χ1) is 8.06. The summed E-state index contributed by atoms with van der Waals surface area (Å²) in [6, 6.07) is 2.67. The Balaban J connectivity index is 2.37. The molecule has 0 amide bonds. The van der Waals surface area contributed by atoms with Gasteiger partial charge in [0.25, 0.3) is 0 Å². The Bertz CT molecular complexity index is 573. The van der Waals surface area contributed by atoms with E-state index in [1.807, 2.05) is 0 Å². The lowest BCUT2D eigenvalue weighted by atomic mass is 10.4. The maximum Gasteiger partial charge on any atom is 0.301 e. The van der Waals surface area contributed by atoms with E-state index < -0.39 is 4.92 Å². The van der Waals surface area contributed by atoms with Crippen molar-refractivity contribution in [1.82, 2.24) is 20.2 Å². The summed E-state index contributed by atoms with van der Waals surface area (Å²) < 4.78 is 0. The van der Waals surface area contributed by atoms with Crippen LogP contribution in [0.15, 0.2) is 22.3 Å². The lowest BCUT2D eigenvalue weighted by Gasteiger charge is -1.98. The average molecular weight is 272 g/mol. The molecule has 0 atom stereocenters. The summed E-state index contributed by atoms with van der Waals surface area (Å²) in [5.41, 5.74) is -0.123. The van der Waals surface area contributed by atoms with Gasteiger partial charge in [-0.3, -0.25) is 15.2 Å². The number of pyridine rings is 1. The van der Waals surface area contributed by atoms with E-state index in [2.05, 4.69) is 20.2 Å². The highest BCUT2D eigenvalue weighted by atomic mass is 35.5. The predicted octanol–water partition coefficient (Wildman–Crippen LogP) is 2.22. The van der Waals surface area contributed by atoms with Gasteiger partial charge in [-0.1, -0.05) is 11.6 Å². The van der Waals surface area contributed by atoms with Gasteiger partial charge in [0.15, 0.2) is 5.03 Å². The molecule has 17 heavy (non-hydrogen) atoms. The minimum absolute atomic E-state index is 0.123. The standard InChI is InChI=1S/C8H6ClN5O2S/c1-4-10-8(13-12-4)17-7-5(14(15)16)2-3-6(9)11-7/h2-3H,1H3,(H,10,12,13). The van der Waals surface area contributed by atoms with Gasteiger partial charge in [0, 0.05) is 6.07 Å². The molecule has 0 saturated carbocycles. The molecule has 0 bridgehead atoms. The Morgan fingerprint density at radius 2 is 2.24 bits per heavy atom. The molecular formula is C8H6ClN5O2S. The van der Waals surface area contributed by atoms with E-state index in [0.29, 0.717) is 11.0 Å². The van der Waals surface area contributed by atoms with Crippen LogP contribution in [0.5, 0.6) is 0 Å². The van der Waals surface area contributed by atoms with Crippen LogP contribution >= 0.6 is 23.4 Å². The normalized spacial score (nSPS) is 10.5. The molecular weight excluding hydrogens is 266 g/mol. The highest BCUT2D eigenvalue weighted by Crippen LogP contribution is 2.32. The smallest absolute Gasteiger partial charge is 0.262 e. The molecule has 88 valence electrons. The fourth-order valence-electron chi connectivity index (χ4n) is 1.08. The quantitative estimate of drug-likeness (QED) is 0.522. The summed E-state index contributed by atoms with van der Waals surface area (Å²) in [5.74, 6) is 0.622. The Kier molecular flexibility index (Phi) is 3.25. The third-order valence-electron chi connectivity index (χ3n) is 1.77. The van der Waals surface area contributed by atoms with Crippen LogP contribution in [0, 0.1) is 17.0 Å². The maximum atomic E-state index is 10.8. The van der Waals surface area contributed by atoms with Gasteiger partial charge in [0.2, 0.25) is 5.16 Å². The third-order valence-corrected chi connectivity index (χ3v) is 2.84. The lowest BCUT2D eigenvalue weighted by Crippen LogP contribution is -1.94. The fourth-order valence-corrected chi connectivity index (χ4v) is 2.11. The van der Waals surface area contributed by atoms with Crippen LogP contribution in [0.4, 0.5) is 5.69 Å². The summed E-state index contributed by atoms with van der Waals surface area (Å²) in [6.45, 7) is 1.73. The van der Waals surface area contributed by atoms with Crippen molar-refractivity contribution in [3.8, 4) is 0 Å². The van der Waals surface area contributed by atoms with E-state index in [1.165, 1.54) is 12.1 Å². The molecule has 2 aromatic rings. The van der Waals surface area contributed by atoms with Crippen molar-refractivity contribution in [3.05, 3.63) is 33.2 Å². The molecule has 2 aromatic heterocycles.